The van der Waals surface area contributed by atoms with Gasteiger partial charge in [0.15, 0.2) is 5.78 Å². The minimum Gasteiger partial charge on any atom is -0.289 e. The molecule has 1 nitrogen and oxygen atoms in total. The Balaban J connectivity index is 1.78. The monoisotopic (exact) mass is 448 g/mol. The van der Waals surface area contributed by atoms with Crippen molar-refractivity contribution in [2.75, 3.05) is 0 Å². The summed E-state index contributed by atoms with van der Waals surface area (Å²) in [6.45, 7) is 0. The second kappa shape index (κ2) is 9.10. The first-order valence-corrected chi connectivity index (χ1v) is 10.4. The fourth-order valence-corrected chi connectivity index (χ4v) is 3.88. The van der Waals surface area contributed by atoms with Gasteiger partial charge in [-0.2, -0.15) is 0 Å². The van der Waals surface area contributed by atoms with E-state index in [1.165, 1.54) is 0 Å². The minimum atomic E-state index is -0.117. The molecule has 142 valence electrons. The van der Waals surface area contributed by atoms with Crippen molar-refractivity contribution in [1.29, 1.82) is 0 Å². The van der Waals surface area contributed by atoms with Gasteiger partial charge in [0.1, 0.15) is 7.85 Å². The van der Waals surface area contributed by atoms with E-state index in [-0.39, 0.29) is 5.78 Å². The topological polar surface area (TPSA) is 17.1 Å². The standard InChI is InChI=1S/C27H18BBrO/c28-25-14-8-7-13-22(25)27(30)16-15-21-17-23(19-9-3-1-4-10-19)24(18-26(21)29)20-11-5-2-6-12-20/h1-18H/b16-15+. The zero-order chi connectivity index (χ0) is 20.9. The summed E-state index contributed by atoms with van der Waals surface area (Å²) in [7, 11) is 5.94. The van der Waals surface area contributed by atoms with Gasteiger partial charge < -0.3 is 0 Å². The highest BCUT2D eigenvalue weighted by atomic mass is 79.9. The van der Waals surface area contributed by atoms with Gasteiger partial charge in [0.2, 0.25) is 0 Å². The molecule has 0 aliphatic heterocycles. The maximum absolute atomic E-state index is 12.6. The summed E-state index contributed by atoms with van der Waals surface area (Å²) in [5.74, 6) is -0.117. The molecule has 0 N–H and O–H groups in total. The van der Waals surface area contributed by atoms with E-state index in [0.717, 1.165) is 32.3 Å². The largest absolute Gasteiger partial charge is 0.289 e. The lowest BCUT2D eigenvalue weighted by Gasteiger charge is -2.13. The molecule has 4 aromatic rings. The zero-order valence-corrected chi connectivity index (χ0v) is 17.8. The predicted octanol–water partition coefficient (Wildman–Crippen LogP) is 6.47. The van der Waals surface area contributed by atoms with Crippen molar-refractivity contribution in [2.45, 2.75) is 0 Å². The molecule has 0 aliphatic carbocycles. The average Bonchev–Trinajstić information content (AvgIpc) is 2.79. The lowest BCUT2D eigenvalue weighted by Crippen LogP contribution is -2.13. The Hall–Kier alpha value is -3.17. The summed E-state index contributed by atoms with van der Waals surface area (Å²) in [5.41, 5.74) is 6.42. The third kappa shape index (κ3) is 4.37. The number of ketones is 1. The first kappa shape index (κ1) is 20.1. The number of hydrogen-bond acceptors (Lipinski definition) is 1. The van der Waals surface area contributed by atoms with E-state index >= 15 is 0 Å². The SMILES string of the molecule is [B]c1ccccc1C(=O)/C=C/c1cc(-c2ccccc2)c(-c2ccccc2)cc1Br. The van der Waals surface area contributed by atoms with Crippen molar-refractivity contribution in [1.82, 2.24) is 0 Å². The number of allylic oxidation sites excluding steroid dienone is 1. The van der Waals surface area contributed by atoms with Crippen LogP contribution in [0.15, 0.2) is 108 Å². The van der Waals surface area contributed by atoms with Gasteiger partial charge in [0.05, 0.1) is 0 Å². The molecule has 0 fully saturated rings. The summed E-state index contributed by atoms with van der Waals surface area (Å²) in [6.07, 6.45) is 3.41. The maximum atomic E-state index is 12.6. The number of hydrogen-bond donors (Lipinski definition) is 0. The van der Waals surface area contributed by atoms with Gasteiger partial charge in [0, 0.05) is 10.0 Å². The van der Waals surface area contributed by atoms with Crippen LogP contribution in [-0.2, 0) is 0 Å². The van der Waals surface area contributed by atoms with Crippen molar-refractivity contribution < 1.29 is 4.79 Å². The first-order chi connectivity index (χ1) is 14.6. The van der Waals surface area contributed by atoms with Crippen molar-refractivity contribution in [3.8, 4) is 22.3 Å². The summed E-state index contributed by atoms with van der Waals surface area (Å²) in [4.78, 5) is 12.6. The smallest absolute Gasteiger partial charge is 0.185 e. The van der Waals surface area contributed by atoms with Crippen LogP contribution in [0, 0.1) is 0 Å². The third-order valence-electron chi connectivity index (χ3n) is 4.95. The Bertz CT molecular complexity index is 1210. The molecule has 30 heavy (non-hydrogen) atoms. The van der Waals surface area contributed by atoms with E-state index in [9.17, 15) is 4.79 Å². The molecular weight excluding hydrogens is 431 g/mol. The van der Waals surface area contributed by atoms with Crippen LogP contribution in [0.4, 0.5) is 0 Å². The lowest BCUT2D eigenvalue weighted by molar-refractivity contribution is 0.104. The molecule has 2 radical (unpaired) electrons. The van der Waals surface area contributed by atoms with Crippen LogP contribution in [0.3, 0.4) is 0 Å². The van der Waals surface area contributed by atoms with Crippen LogP contribution >= 0.6 is 15.9 Å². The second-order valence-corrected chi connectivity index (χ2v) is 7.79. The summed E-state index contributed by atoms with van der Waals surface area (Å²) < 4.78 is 0.922. The van der Waals surface area contributed by atoms with E-state index in [1.807, 2.05) is 54.6 Å². The molecule has 3 heteroatoms. The Morgan fingerprint density at radius 3 is 1.87 bits per heavy atom. The van der Waals surface area contributed by atoms with Gasteiger partial charge in [-0.05, 0) is 52.1 Å². The number of carbonyl (C=O) groups is 1. The Labute approximate surface area is 186 Å². The van der Waals surface area contributed by atoms with Crippen molar-refractivity contribution in [3.63, 3.8) is 0 Å². The average molecular weight is 449 g/mol. The number of benzene rings is 4. The van der Waals surface area contributed by atoms with Gasteiger partial charge in [-0.1, -0.05) is 106 Å². The molecule has 0 heterocycles. The summed E-state index contributed by atoms with van der Waals surface area (Å²) in [5, 5.41) is 0. The Morgan fingerprint density at radius 2 is 1.27 bits per heavy atom. The van der Waals surface area contributed by atoms with E-state index in [1.54, 1.807) is 18.2 Å². The quantitative estimate of drug-likeness (QED) is 0.194. The highest BCUT2D eigenvalue weighted by Crippen LogP contribution is 2.36. The van der Waals surface area contributed by atoms with E-state index in [2.05, 4.69) is 52.3 Å². The van der Waals surface area contributed by atoms with Gasteiger partial charge in [-0.15, -0.1) is 0 Å². The molecule has 0 aromatic heterocycles. The van der Waals surface area contributed by atoms with E-state index in [0.29, 0.717) is 11.0 Å². The molecule has 0 saturated heterocycles. The van der Waals surface area contributed by atoms with E-state index in [4.69, 9.17) is 7.85 Å². The van der Waals surface area contributed by atoms with Crippen molar-refractivity contribution >= 4 is 41.1 Å². The molecule has 0 atom stereocenters. The molecule has 0 unspecified atom stereocenters. The Kier molecular flexibility index (Phi) is 6.11. The van der Waals surface area contributed by atoms with Crippen LogP contribution in [0.25, 0.3) is 28.3 Å². The molecule has 0 spiro atoms. The van der Waals surface area contributed by atoms with Crippen LogP contribution in [0.2, 0.25) is 0 Å². The third-order valence-corrected chi connectivity index (χ3v) is 5.63. The maximum Gasteiger partial charge on any atom is 0.185 e. The highest BCUT2D eigenvalue weighted by molar-refractivity contribution is 9.10. The number of halogens is 1. The molecule has 0 saturated carbocycles. The second-order valence-electron chi connectivity index (χ2n) is 6.94. The van der Waals surface area contributed by atoms with Crippen LogP contribution in [0.1, 0.15) is 15.9 Å². The van der Waals surface area contributed by atoms with Gasteiger partial charge in [-0.3, -0.25) is 4.79 Å². The molecule has 0 bridgehead atoms. The number of rotatable bonds is 5. The van der Waals surface area contributed by atoms with Gasteiger partial charge in [-0.25, -0.2) is 0 Å². The van der Waals surface area contributed by atoms with Crippen molar-refractivity contribution in [2.24, 2.45) is 0 Å². The fourth-order valence-electron chi connectivity index (χ4n) is 3.41. The van der Waals surface area contributed by atoms with E-state index < -0.39 is 0 Å². The molecule has 4 aromatic carbocycles. The highest BCUT2D eigenvalue weighted by Gasteiger charge is 2.12. The lowest BCUT2D eigenvalue weighted by atomic mass is 9.88. The molecular formula is C27H18BBrO. The molecule has 0 amide bonds. The van der Waals surface area contributed by atoms with Crippen LogP contribution < -0.4 is 5.46 Å². The first-order valence-electron chi connectivity index (χ1n) is 9.65. The fraction of sp³-hybridized carbons (Fsp3) is 0. The zero-order valence-electron chi connectivity index (χ0n) is 16.3. The predicted molar refractivity (Wildman–Crippen MR) is 130 cm³/mol. The summed E-state index contributed by atoms with van der Waals surface area (Å²) in [6, 6.07) is 31.9. The van der Waals surface area contributed by atoms with Gasteiger partial charge >= 0.3 is 0 Å². The molecule has 4 rings (SSSR count). The minimum absolute atomic E-state index is 0.117. The summed E-state index contributed by atoms with van der Waals surface area (Å²) >= 11 is 3.68. The van der Waals surface area contributed by atoms with Crippen molar-refractivity contribution in [3.05, 3.63) is 119 Å². The number of carbonyl (C=O) groups excluding carboxylic acids is 1. The normalized spacial score (nSPS) is 11.0. The van der Waals surface area contributed by atoms with Crippen LogP contribution in [-0.4, -0.2) is 13.6 Å². The van der Waals surface area contributed by atoms with Gasteiger partial charge in [0.25, 0.3) is 0 Å². The molecule has 0 aliphatic rings. The van der Waals surface area contributed by atoms with Crippen LogP contribution in [0.5, 0.6) is 0 Å². The Morgan fingerprint density at radius 1 is 0.733 bits per heavy atom.